The summed E-state index contributed by atoms with van der Waals surface area (Å²) in [6, 6.07) is 8.58. The molecule has 2 fully saturated rings. The average molecular weight is 473 g/mol. The molecular weight excluding hydrogens is 436 g/mol. The molecule has 3 aromatic rings. The molecule has 1 saturated heterocycles. The molecule has 7 heteroatoms. The molecule has 35 heavy (non-hydrogen) atoms. The maximum Gasteiger partial charge on any atom is 0.251 e. The lowest BCUT2D eigenvalue weighted by Gasteiger charge is -2.35. The Balaban J connectivity index is 1.47. The fourth-order valence-corrected chi connectivity index (χ4v) is 5.35. The van der Waals surface area contributed by atoms with E-state index in [0.29, 0.717) is 35.6 Å². The molecule has 0 bridgehead atoms. The van der Waals surface area contributed by atoms with Gasteiger partial charge in [-0.3, -0.25) is 15.2 Å². The third-order valence-corrected chi connectivity index (χ3v) is 7.60. The number of nitrogens with one attached hydrogen (secondary N) is 3. The summed E-state index contributed by atoms with van der Waals surface area (Å²) in [7, 11) is 1.87. The number of aromatic nitrogens is 3. The Bertz CT molecular complexity index is 1270. The Morgan fingerprint density at radius 3 is 2.77 bits per heavy atom. The second-order valence-corrected chi connectivity index (χ2v) is 10.5. The summed E-state index contributed by atoms with van der Waals surface area (Å²) in [5, 5.41) is 15.4. The Kier molecular flexibility index (Phi) is 6.60. The van der Waals surface area contributed by atoms with E-state index in [4.69, 9.17) is 5.41 Å². The number of benzene rings is 1. The highest BCUT2D eigenvalue weighted by Crippen LogP contribution is 2.36. The minimum atomic E-state index is -0.0178. The summed E-state index contributed by atoms with van der Waals surface area (Å²) >= 11 is 0. The molecule has 3 unspecified atom stereocenters. The maximum absolute atomic E-state index is 13.7. The topological polar surface area (TPSA) is 87.7 Å². The first kappa shape index (κ1) is 23.5. The highest BCUT2D eigenvalue weighted by molar-refractivity contribution is 5.96. The Morgan fingerprint density at radius 2 is 2.09 bits per heavy atom. The van der Waals surface area contributed by atoms with Crippen LogP contribution < -0.4 is 16.3 Å². The molecule has 3 heterocycles. The van der Waals surface area contributed by atoms with E-state index < -0.39 is 0 Å². The molecular formula is C28H36N6O. The number of piperidine rings is 1. The molecule has 5 rings (SSSR count). The highest BCUT2D eigenvalue weighted by atomic mass is 16.1. The zero-order valence-corrected chi connectivity index (χ0v) is 20.9. The van der Waals surface area contributed by atoms with Gasteiger partial charge in [0.2, 0.25) is 5.62 Å². The number of hydrogen-bond donors (Lipinski definition) is 3. The summed E-state index contributed by atoms with van der Waals surface area (Å²) in [5.74, 6) is 1.23. The Morgan fingerprint density at radius 1 is 1.26 bits per heavy atom. The van der Waals surface area contributed by atoms with Gasteiger partial charge in [0.1, 0.15) is 0 Å². The summed E-state index contributed by atoms with van der Waals surface area (Å²) in [5.41, 5.74) is 5.20. The number of rotatable bonds is 7. The quantitative estimate of drug-likeness (QED) is 0.491. The molecule has 2 aliphatic rings. The van der Waals surface area contributed by atoms with Crippen molar-refractivity contribution in [1.82, 2.24) is 24.8 Å². The van der Waals surface area contributed by atoms with Crippen LogP contribution in [0, 0.1) is 24.2 Å². The first-order valence-electron chi connectivity index (χ1n) is 12.7. The van der Waals surface area contributed by atoms with Crippen molar-refractivity contribution in [3.8, 4) is 11.1 Å². The predicted molar refractivity (Wildman–Crippen MR) is 137 cm³/mol. The van der Waals surface area contributed by atoms with Gasteiger partial charge in [-0.15, -0.1) is 0 Å². The molecule has 0 spiro atoms. The number of amides is 1. The van der Waals surface area contributed by atoms with Gasteiger partial charge in [-0.2, -0.15) is 0 Å². The summed E-state index contributed by atoms with van der Waals surface area (Å²) in [6.07, 6.45) is 12.1. The van der Waals surface area contributed by atoms with Gasteiger partial charge < -0.3 is 19.8 Å². The molecule has 1 aromatic carbocycles. The maximum atomic E-state index is 13.7. The first-order chi connectivity index (χ1) is 16.9. The predicted octanol–water partition coefficient (Wildman–Crippen LogP) is 3.62. The average Bonchev–Trinajstić information content (AvgIpc) is 3.64. The molecule has 0 radical (unpaired) electrons. The van der Waals surface area contributed by atoms with E-state index in [1.807, 2.05) is 48.4 Å². The smallest absolute Gasteiger partial charge is 0.251 e. The fourth-order valence-electron chi connectivity index (χ4n) is 5.35. The van der Waals surface area contributed by atoms with E-state index >= 15 is 0 Å². The van der Waals surface area contributed by atoms with Crippen LogP contribution in [-0.4, -0.2) is 38.7 Å². The van der Waals surface area contributed by atoms with Crippen LogP contribution in [0.1, 0.15) is 54.1 Å². The van der Waals surface area contributed by atoms with Crippen molar-refractivity contribution in [2.75, 3.05) is 6.54 Å². The standard InChI is InChI=1S/C28H36N6O/c1-18-6-9-31-25(12-18)26(21-4-5-21)32-27(35)23-14-20(17-34-11-10-33(3)28(34)29)13-22(15-23)24-16-30-8-7-19(24)2/h7-8,10-11,13-16,18,21,25-26,29,31H,4-6,9,12,17H2,1-3H3,(H,32,35). The normalized spacial score (nSPS) is 21.0. The minimum absolute atomic E-state index is 0.0178. The lowest BCUT2D eigenvalue weighted by molar-refractivity contribution is 0.0911. The summed E-state index contributed by atoms with van der Waals surface area (Å²) < 4.78 is 3.67. The van der Waals surface area contributed by atoms with Gasteiger partial charge in [0.25, 0.3) is 5.91 Å². The van der Waals surface area contributed by atoms with Crippen LogP contribution in [0.25, 0.3) is 11.1 Å². The van der Waals surface area contributed by atoms with E-state index in [9.17, 15) is 4.79 Å². The SMILES string of the molecule is Cc1ccncc1-c1cc(Cn2ccn(C)c2=N)cc(C(=O)NC(C2CC2)C2CC(C)CCN2)c1. The number of pyridine rings is 1. The zero-order valence-electron chi connectivity index (χ0n) is 20.9. The van der Waals surface area contributed by atoms with E-state index in [1.54, 1.807) is 10.8 Å². The first-order valence-corrected chi connectivity index (χ1v) is 12.7. The number of nitrogens with zero attached hydrogens (tertiary/aromatic N) is 3. The van der Waals surface area contributed by atoms with Crippen LogP contribution in [0.4, 0.5) is 0 Å². The van der Waals surface area contributed by atoms with Gasteiger partial charge in [0.15, 0.2) is 0 Å². The molecule has 2 aromatic heterocycles. The molecule has 1 aliphatic heterocycles. The van der Waals surface area contributed by atoms with Gasteiger partial charge in [-0.1, -0.05) is 6.92 Å². The molecule has 3 N–H and O–H groups in total. The summed E-state index contributed by atoms with van der Waals surface area (Å²) in [4.78, 5) is 18.0. The third-order valence-electron chi connectivity index (χ3n) is 7.60. The molecule has 184 valence electrons. The van der Waals surface area contributed by atoms with Gasteiger partial charge in [0, 0.05) is 55.0 Å². The largest absolute Gasteiger partial charge is 0.347 e. The Labute approximate surface area is 207 Å². The van der Waals surface area contributed by atoms with Crippen molar-refractivity contribution in [3.05, 3.63) is 71.4 Å². The molecule has 1 saturated carbocycles. The van der Waals surface area contributed by atoms with Crippen LogP contribution in [0.2, 0.25) is 0 Å². The van der Waals surface area contributed by atoms with Gasteiger partial charge in [-0.25, -0.2) is 0 Å². The molecule has 1 aliphatic carbocycles. The van der Waals surface area contributed by atoms with Crippen molar-refractivity contribution in [1.29, 1.82) is 5.41 Å². The minimum Gasteiger partial charge on any atom is -0.347 e. The lowest BCUT2D eigenvalue weighted by Crippen LogP contribution is -2.54. The van der Waals surface area contributed by atoms with Gasteiger partial charge in [-0.05, 0) is 91.9 Å². The van der Waals surface area contributed by atoms with E-state index in [0.717, 1.165) is 35.2 Å². The van der Waals surface area contributed by atoms with Crippen LogP contribution in [0.3, 0.4) is 0 Å². The number of hydrogen-bond acceptors (Lipinski definition) is 4. The monoisotopic (exact) mass is 472 g/mol. The van der Waals surface area contributed by atoms with Gasteiger partial charge in [0.05, 0.1) is 6.54 Å². The van der Waals surface area contributed by atoms with Crippen molar-refractivity contribution in [2.45, 2.75) is 58.2 Å². The Hall–Kier alpha value is -3.19. The zero-order chi connectivity index (χ0) is 24.5. The van der Waals surface area contributed by atoms with Gasteiger partial charge >= 0.3 is 0 Å². The van der Waals surface area contributed by atoms with E-state index in [1.165, 1.54) is 19.3 Å². The second-order valence-electron chi connectivity index (χ2n) is 10.5. The van der Waals surface area contributed by atoms with Crippen molar-refractivity contribution >= 4 is 5.91 Å². The lowest BCUT2D eigenvalue weighted by atomic mass is 9.88. The van der Waals surface area contributed by atoms with Crippen LogP contribution >= 0.6 is 0 Å². The van der Waals surface area contributed by atoms with Crippen molar-refractivity contribution in [3.63, 3.8) is 0 Å². The van der Waals surface area contributed by atoms with E-state index in [-0.39, 0.29) is 11.9 Å². The second kappa shape index (κ2) is 9.82. The summed E-state index contributed by atoms with van der Waals surface area (Å²) in [6.45, 7) is 5.93. The number of carbonyl (C=O) groups is 1. The number of imidazole rings is 1. The third kappa shape index (κ3) is 5.25. The molecule has 1 amide bonds. The van der Waals surface area contributed by atoms with Crippen LogP contribution in [0.5, 0.6) is 0 Å². The van der Waals surface area contributed by atoms with Crippen molar-refractivity contribution < 1.29 is 4.79 Å². The number of carbonyl (C=O) groups excluding carboxylic acids is 1. The van der Waals surface area contributed by atoms with Crippen molar-refractivity contribution in [2.24, 2.45) is 18.9 Å². The molecule has 3 atom stereocenters. The van der Waals surface area contributed by atoms with Crippen LogP contribution in [-0.2, 0) is 13.6 Å². The van der Waals surface area contributed by atoms with E-state index in [2.05, 4.69) is 35.5 Å². The number of aryl methyl sites for hydroxylation is 2. The fraction of sp³-hybridized carbons (Fsp3) is 0.464. The van der Waals surface area contributed by atoms with Crippen LogP contribution in [0.15, 0.2) is 49.1 Å². The molecule has 7 nitrogen and oxygen atoms in total. The highest BCUT2D eigenvalue weighted by Gasteiger charge is 2.39.